The first-order valence-electron chi connectivity index (χ1n) is 6.56. The van der Waals surface area contributed by atoms with Crippen LogP contribution in [0.15, 0.2) is 18.2 Å². The van der Waals surface area contributed by atoms with Crippen molar-refractivity contribution >= 4 is 21.8 Å². The van der Waals surface area contributed by atoms with Crippen molar-refractivity contribution in [1.29, 1.82) is 0 Å². The van der Waals surface area contributed by atoms with Gasteiger partial charge in [-0.2, -0.15) is 5.67 Å². The van der Waals surface area contributed by atoms with Gasteiger partial charge in [-0.05, 0) is 42.5 Å². The first-order valence-corrected chi connectivity index (χ1v) is 7.51. The molecule has 0 N–H and O–H groups in total. The number of rotatable bonds is 0. The van der Waals surface area contributed by atoms with E-state index < -0.39 is 0 Å². The van der Waals surface area contributed by atoms with Crippen LogP contribution >= 0.6 is 11.6 Å². The topological polar surface area (TPSA) is 12.5 Å². The Morgan fingerprint density at radius 2 is 2.22 bits per heavy atom. The second-order valence-corrected chi connectivity index (χ2v) is 6.70. The van der Waals surface area contributed by atoms with Crippen molar-refractivity contribution in [2.24, 2.45) is 0 Å². The number of nitrogens with zero attached hydrogens (tertiary/aromatic N) is 1. The van der Waals surface area contributed by atoms with E-state index in [2.05, 4.69) is 34.2 Å². The van der Waals surface area contributed by atoms with E-state index in [1.807, 2.05) is 6.07 Å². The van der Waals surface area contributed by atoms with Crippen molar-refractivity contribution in [3.05, 3.63) is 34.3 Å². The van der Waals surface area contributed by atoms with Crippen LogP contribution in [0, 0.1) is 0 Å². The molecule has 3 heterocycles. The lowest BCUT2D eigenvalue weighted by Gasteiger charge is -2.52. The summed E-state index contributed by atoms with van der Waals surface area (Å²) in [5.41, 5.74) is 3.14. The third-order valence-electron chi connectivity index (χ3n) is 4.78. The Bertz CT molecular complexity index is 509. The molecule has 3 fully saturated rings. The zero-order valence-corrected chi connectivity index (χ0v) is 12.0. The minimum Gasteiger partial charge on any atom is -0.647 e. The van der Waals surface area contributed by atoms with Gasteiger partial charge in [0.1, 0.15) is 0 Å². The van der Waals surface area contributed by atoms with Gasteiger partial charge in [0, 0.05) is 17.6 Å². The molecule has 0 aromatic heterocycles. The van der Waals surface area contributed by atoms with Crippen LogP contribution in [0.25, 0.3) is 0 Å². The quantitative estimate of drug-likeness (QED) is 0.672. The average molecular weight is 277 g/mol. The maximum Gasteiger partial charge on any atom is 0.0856 e. The lowest BCUT2D eigenvalue weighted by Crippen LogP contribution is -2.61. The molecule has 3 unspecified atom stereocenters. The van der Waals surface area contributed by atoms with E-state index in [4.69, 9.17) is 16.3 Å². The van der Waals surface area contributed by atoms with Crippen LogP contribution in [0.5, 0.6) is 0 Å². The number of hydrogen-bond donors (Lipinski definition) is 0. The van der Waals surface area contributed by atoms with Crippen molar-refractivity contribution in [3.63, 3.8) is 0 Å². The van der Waals surface area contributed by atoms with Gasteiger partial charge in [0.2, 0.25) is 0 Å². The lowest BCUT2D eigenvalue weighted by atomic mass is 9.96. The van der Waals surface area contributed by atoms with Crippen LogP contribution in [0.3, 0.4) is 0 Å². The largest absolute Gasteiger partial charge is 0.647 e. The number of fused-ring (bicyclic) bond motifs is 1. The summed E-state index contributed by atoms with van der Waals surface area (Å²) >= 11 is 6.09. The van der Waals surface area contributed by atoms with E-state index in [-0.39, 0.29) is 0 Å². The normalized spacial score (nSPS) is 44.8. The second-order valence-electron chi connectivity index (χ2n) is 5.67. The maximum absolute atomic E-state index is 6.29. The van der Waals surface area contributed by atoms with Crippen molar-refractivity contribution < 1.29 is 4.74 Å². The third-order valence-corrected chi connectivity index (χ3v) is 5.71. The van der Waals surface area contributed by atoms with E-state index in [9.17, 15) is 0 Å². The van der Waals surface area contributed by atoms with Gasteiger partial charge in [-0.3, -0.25) is 0 Å². The standard InChI is InChI=1S/C14H15ClNOSi/c1-7-12-6-16(7)14(18)13-10-3-2-9(15)4-8(10)5-11(13)17-12/h2-4,7,11-14H,5-6H2,1H3/q-1/t7-,11-,12?,13+,14?/m1/s1. The first kappa shape index (κ1) is 11.5. The minimum absolute atomic E-state index is 0.306. The Kier molecular flexibility index (Phi) is 2.44. The van der Waals surface area contributed by atoms with Gasteiger partial charge in [-0.25, -0.2) is 0 Å². The highest BCUT2D eigenvalue weighted by atomic mass is 35.5. The van der Waals surface area contributed by atoms with Crippen LogP contribution in [0.2, 0.25) is 5.02 Å². The third kappa shape index (κ3) is 1.42. The summed E-state index contributed by atoms with van der Waals surface area (Å²) in [6.45, 7) is 3.32. The van der Waals surface area contributed by atoms with Gasteiger partial charge in [-0.1, -0.05) is 17.7 Å². The van der Waals surface area contributed by atoms with Gasteiger partial charge in [-0.15, -0.1) is 0 Å². The predicted molar refractivity (Wildman–Crippen MR) is 72.3 cm³/mol. The van der Waals surface area contributed by atoms with Crippen LogP contribution in [0.4, 0.5) is 0 Å². The summed E-state index contributed by atoms with van der Waals surface area (Å²) in [6, 6.07) is 6.80. The first-order chi connectivity index (χ1) is 8.65. The molecular weight excluding hydrogens is 262 g/mol. The van der Waals surface area contributed by atoms with Crippen molar-refractivity contribution in [2.75, 3.05) is 6.54 Å². The van der Waals surface area contributed by atoms with E-state index in [1.54, 1.807) is 0 Å². The Balaban J connectivity index is 1.76. The average Bonchev–Trinajstić information content (AvgIpc) is 2.58. The zero-order valence-electron chi connectivity index (χ0n) is 10.3. The van der Waals surface area contributed by atoms with Gasteiger partial charge < -0.3 is 19.9 Å². The fourth-order valence-corrected chi connectivity index (χ4v) is 4.61. The van der Waals surface area contributed by atoms with Crippen molar-refractivity contribution in [2.45, 2.75) is 43.2 Å². The molecular formula is C14H15ClNOSi-. The summed E-state index contributed by atoms with van der Waals surface area (Å²) in [4.78, 5) is 2.50. The summed E-state index contributed by atoms with van der Waals surface area (Å²) < 4.78 is 6.29. The molecule has 3 saturated heterocycles. The fourth-order valence-electron chi connectivity index (χ4n) is 3.68. The molecule has 6 atom stereocenters. The fraction of sp³-hybridized carbons (Fsp3) is 0.571. The summed E-state index contributed by atoms with van der Waals surface area (Å²) in [5, 5.41) is 0.828. The smallest absolute Gasteiger partial charge is 0.0856 e. The highest BCUT2D eigenvalue weighted by Gasteiger charge is 2.47. The number of benzene rings is 1. The predicted octanol–water partition coefficient (Wildman–Crippen LogP) is 1.95. The molecule has 2 bridgehead atoms. The molecule has 18 heavy (non-hydrogen) atoms. The molecule has 1 aliphatic carbocycles. The molecule has 1 aromatic rings. The van der Waals surface area contributed by atoms with E-state index in [0.717, 1.165) is 18.0 Å². The molecule has 4 heteroatoms. The molecule has 0 saturated carbocycles. The van der Waals surface area contributed by atoms with Crippen molar-refractivity contribution in [3.8, 4) is 0 Å². The number of ether oxygens (including phenoxy) is 1. The molecule has 3 aliphatic heterocycles. The van der Waals surface area contributed by atoms with Gasteiger partial charge in [0.15, 0.2) is 0 Å². The number of hydrogen-bond acceptors (Lipinski definition) is 2. The molecule has 5 rings (SSSR count). The highest BCUT2D eigenvalue weighted by Crippen LogP contribution is 2.45. The summed E-state index contributed by atoms with van der Waals surface area (Å²) in [7, 11) is 3.95. The van der Waals surface area contributed by atoms with Crippen LogP contribution in [0.1, 0.15) is 24.0 Å². The van der Waals surface area contributed by atoms with Crippen molar-refractivity contribution in [1.82, 2.24) is 4.90 Å². The van der Waals surface area contributed by atoms with Crippen LogP contribution in [-0.4, -0.2) is 45.6 Å². The van der Waals surface area contributed by atoms with Crippen LogP contribution in [-0.2, 0) is 11.2 Å². The maximum atomic E-state index is 6.29. The molecule has 0 amide bonds. The SMILES string of the molecule is C[C@@H]1C2CN1C([Si-])[C@H]1c3ccc(Cl)cc3C[C@H]1O2. The van der Waals surface area contributed by atoms with E-state index in [1.165, 1.54) is 11.1 Å². The summed E-state index contributed by atoms with van der Waals surface area (Å²) in [5.74, 6) is 0.434. The molecule has 1 aromatic carbocycles. The summed E-state index contributed by atoms with van der Waals surface area (Å²) in [6.07, 6.45) is 1.71. The second kappa shape index (κ2) is 3.82. The molecule has 2 nitrogen and oxygen atoms in total. The molecule has 4 aliphatic rings. The Morgan fingerprint density at radius 1 is 1.39 bits per heavy atom. The van der Waals surface area contributed by atoms with E-state index >= 15 is 0 Å². The Hall–Kier alpha value is -0.353. The van der Waals surface area contributed by atoms with Gasteiger partial charge >= 0.3 is 0 Å². The number of halogens is 1. The van der Waals surface area contributed by atoms with Gasteiger partial charge in [0.25, 0.3) is 0 Å². The zero-order chi connectivity index (χ0) is 12.4. The van der Waals surface area contributed by atoms with Crippen LogP contribution < -0.4 is 0 Å². The molecule has 94 valence electrons. The molecule has 0 spiro atoms. The Labute approximate surface area is 116 Å². The highest BCUT2D eigenvalue weighted by molar-refractivity contribution is 6.30. The lowest BCUT2D eigenvalue weighted by molar-refractivity contribution is -0.0940. The molecule has 2 radical (unpaired) electrons. The van der Waals surface area contributed by atoms with Gasteiger partial charge in [0.05, 0.1) is 12.2 Å². The Morgan fingerprint density at radius 3 is 3.00 bits per heavy atom. The minimum atomic E-state index is 0.306. The van der Waals surface area contributed by atoms with E-state index in [0.29, 0.717) is 29.8 Å². The monoisotopic (exact) mass is 276 g/mol.